The van der Waals surface area contributed by atoms with Crippen LogP contribution in [-0.2, 0) is 0 Å². The number of hydrogen-bond donors (Lipinski definition) is 0. The number of azo groups is 1. The van der Waals surface area contributed by atoms with Gasteiger partial charge in [0.1, 0.15) is 23.1 Å². The smallest absolute Gasteiger partial charge is 0.187 e. The molecule has 0 radical (unpaired) electrons. The highest BCUT2D eigenvalue weighted by Crippen LogP contribution is 2.33. The Morgan fingerprint density at radius 2 is 1.69 bits per heavy atom. The van der Waals surface area contributed by atoms with Crippen LogP contribution in [0.25, 0.3) is 16.9 Å². The Balaban J connectivity index is 1.88. The van der Waals surface area contributed by atoms with Crippen molar-refractivity contribution >= 4 is 28.8 Å². The highest BCUT2D eigenvalue weighted by atomic mass is 35.5. The summed E-state index contributed by atoms with van der Waals surface area (Å²) in [6, 6.07) is 22.4. The Hall–Kier alpha value is -3.49. The van der Waals surface area contributed by atoms with Crippen molar-refractivity contribution in [2.45, 2.75) is 0 Å². The summed E-state index contributed by atoms with van der Waals surface area (Å²) in [5.74, 6) is 0.593. The Morgan fingerprint density at radius 3 is 2.50 bits per heavy atom. The van der Waals surface area contributed by atoms with E-state index >= 15 is 0 Å². The Kier molecular flexibility index (Phi) is 4.18. The largest absolute Gasteiger partial charge is 0.283 e. The lowest BCUT2D eigenvalue weighted by molar-refractivity contribution is 1.10. The number of hydrogen-bond acceptors (Lipinski definition) is 4. The van der Waals surface area contributed by atoms with Crippen molar-refractivity contribution in [3.05, 3.63) is 83.5 Å². The van der Waals surface area contributed by atoms with Crippen LogP contribution in [0, 0.1) is 11.3 Å². The first kappa shape index (κ1) is 16.0. The lowest BCUT2D eigenvalue weighted by Crippen LogP contribution is -1.82. The van der Waals surface area contributed by atoms with E-state index in [-0.39, 0.29) is 0 Å². The third kappa shape index (κ3) is 2.94. The zero-order valence-corrected chi connectivity index (χ0v) is 14.3. The molecule has 0 saturated heterocycles. The molecular weight excluding hydrogens is 346 g/mol. The van der Waals surface area contributed by atoms with Gasteiger partial charge in [0, 0.05) is 16.8 Å². The summed E-state index contributed by atoms with van der Waals surface area (Å²) >= 11 is 5.99. The van der Waals surface area contributed by atoms with Crippen LogP contribution < -0.4 is 0 Å². The maximum atomic E-state index is 9.22. The van der Waals surface area contributed by atoms with Crippen LogP contribution in [0.4, 0.5) is 11.5 Å². The summed E-state index contributed by atoms with van der Waals surface area (Å²) in [5, 5.41) is 18.6. The predicted molar refractivity (Wildman–Crippen MR) is 101 cm³/mol. The molecule has 2 aromatic carbocycles. The van der Waals surface area contributed by atoms with E-state index in [1.807, 2.05) is 59.1 Å². The Bertz CT molecular complexity index is 1150. The number of pyridine rings is 1. The van der Waals surface area contributed by atoms with Crippen LogP contribution in [0.1, 0.15) is 5.56 Å². The molecule has 4 aromatic rings. The molecule has 0 fully saturated rings. The molecule has 2 aromatic heterocycles. The molecule has 0 spiro atoms. The fourth-order valence-electron chi connectivity index (χ4n) is 2.64. The summed E-state index contributed by atoms with van der Waals surface area (Å²) < 4.78 is 1.86. The van der Waals surface area contributed by atoms with E-state index in [1.165, 1.54) is 0 Å². The normalized spacial score (nSPS) is 11.1. The van der Waals surface area contributed by atoms with Crippen LogP contribution in [0.15, 0.2) is 83.2 Å². The molecule has 4 rings (SSSR count). The van der Waals surface area contributed by atoms with Crippen LogP contribution in [0.5, 0.6) is 0 Å². The highest BCUT2D eigenvalue weighted by molar-refractivity contribution is 6.30. The zero-order chi connectivity index (χ0) is 17.9. The van der Waals surface area contributed by atoms with E-state index in [1.54, 1.807) is 18.2 Å². The number of halogens is 1. The van der Waals surface area contributed by atoms with Gasteiger partial charge in [-0.3, -0.25) is 4.40 Å². The topological polar surface area (TPSA) is 65.8 Å². The van der Waals surface area contributed by atoms with Gasteiger partial charge < -0.3 is 0 Å². The van der Waals surface area contributed by atoms with Gasteiger partial charge in [0.05, 0.1) is 5.56 Å². The molecule has 124 valence electrons. The van der Waals surface area contributed by atoms with Crippen molar-refractivity contribution < 1.29 is 0 Å². The van der Waals surface area contributed by atoms with Crippen molar-refractivity contribution in [2.75, 3.05) is 0 Å². The van der Waals surface area contributed by atoms with Gasteiger partial charge in [-0.05, 0) is 36.4 Å². The molecule has 2 heterocycles. The molecule has 26 heavy (non-hydrogen) atoms. The fourth-order valence-corrected chi connectivity index (χ4v) is 2.76. The first-order valence-electron chi connectivity index (χ1n) is 7.90. The predicted octanol–water partition coefficient (Wildman–Crippen LogP) is 5.94. The van der Waals surface area contributed by atoms with Crippen LogP contribution >= 0.6 is 11.6 Å². The summed E-state index contributed by atoms with van der Waals surface area (Å²) in [6.45, 7) is 0. The molecule has 0 bridgehead atoms. The van der Waals surface area contributed by atoms with Crippen molar-refractivity contribution in [2.24, 2.45) is 10.2 Å². The molecule has 6 heteroatoms. The highest BCUT2D eigenvalue weighted by Gasteiger charge is 2.14. The number of aromatic nitrogens is 2. The fraction of sp³-hybridized carbons (Fsp3) is 0. The minimum atomic E-state index is 0.470. The number of benzene rings is 2. The minimum Gasteiger partial charge on any atom is -0.283 e. The van der Waals surface area contributed by atoms with Crippen molar-refractivity contribution in [1.82, 2.24) is 9.38 Å². The van der Waals surface area contributed by atoms with Crippen molar-refractivity contribution in [3.63, 3.8) is 0 Å². The van der Waals surface area contributed by atoms with Gasteiger partial charge in [0.25, 0.3) is 0 Å². The van der Waals surface area contributed by atoms with Crippen molar-refractivity contribution in [1.29, 1.82) is 5.26 Å². The van der Waals surface area contributed by atoms with E-state index < -0.39 is 0 Å². The molecule has 0 aliphatic heterocycles. The summed E-state index contributed by atoms with van der Waals surface area (Å²) in [5.41, 5.74) is 3.34. The van der Waals surface area contributed by atoms with E-state index in [0.717, 1.165) is 11.2 Å². The molecule has 0 aliphatic carbocycles. The second kappa shape index (κ2) is 6.79. The average molecular weight is 358 g/mol. The second-order valence-electron chi connectivity index (χ2n) is 5.55. The van der Waals surface area contributed by atoms with Gasteiger partial charge in [0.2, 0.25) is 0 Å². The Labute approximate surface area is 154 Å². The molecule has 0 aliphatic rings. The van der Waals surface area contributed by atoms with Crippen molar-refractivity contribution in [3.8, 4) is 17.3 Å². The minimum absolute atomic E-state index is 0.470. The number of rotatable bonds is 3. The molecule has 0 saturated carbocycles. The molecule has 0 unspecified atom stereocenters. The van der Waals surface area contributed by atoms with Gasteiger partial charge in [-0.2, -0.15) is 5.26 Å². The van der Waals surface area contributed by atoms with E-state index in [0.29, 0.717) is 27.8 Å². The lowest BCUT2D eigenvalue weighted by atomic mass is 10.1. The number of fused-ring (bicyclic) bond motifs is 1. The number of nitrogens with zero attached hydrogens (tertiary/aromatic N) is 5. The quantitative estimate of drug-likeness (QED) is 0.426. The SMILES string of the molecule is N#Cc1ccccc1N=Nc1c(-c2ccc(Cl)cc2)nc2ccccn12. The summed E-state index contributed by atoms with van der Waals surface area (Å²) in [6.07, 6.45) is 1.88. The molecule has 5 nitrogen and oxygen atoms in total. The third-order valence-electron chi connectivity index (χ3n) is 3.90. The summed E-state index contributed by atoms with van der Waals surface area (Å²) in [4.78, 5) is 4.67. The lowest BCUT2D eigenvalue weighted by Gasteiger charge is -2.00. The maximum Gasteiger partial charge on any atom is 0.187 e. The summed E-state index contributed by atoms with van der Waals surface area (Å²) in [7, 11) is 0. The Morgan fingerprint density at radius 1 is 0.923 bits per heavy atom. The third-order valence-corrected chi connectivity index (χ3v) is 4.15. The number of imidazole rings is 1. The van der Waals surface area contributed by atoms with E-state index in [4.69, 9.17) is 11.6 Å². The number of nitriles is 1. The molecule has 0 N–H and O–H groups in total. The molecule has 0 atom stereocenters. The monoisotopic (exact) mass is 357 g/mol. The second-order valence-corrected chi connectivity index (χ2v) is 5.99. The van der Waals surface area contributed by atoms with Gasteiger partial charge in [0.15, 0.2) is 5.82 Å². The molecule has 0 amide bonds. The van der Waals surface area contributed by atoms with E-state index in [2.05, 4.69) is 21.3 Å². The van der Waals surface area contributed by atoms with Gasteiger partial charge >= 0.3 is 0 Å². The standard InChI is InChI=1S/C20H12ClN5/c21-16-10-8-14(9-11-16)19-20(26-12-4-3-7-18(26)23-19)25-24-17-6-2-1-5-15(17)13-22/h1-12H. The van der Waals surface area contributed by atoms with E-state index in [9.17, 15) is 5.26 Å². The van der Waals surface area contributed by atoms with Crippen LogP contribution in [0.3, 0.4) is 0 Å². The van der Waals surface area contributed by atoms with Gasteiger partial charge in [-0.1, -0.05) is 41.9 Å². The average Bonchev–Trinajstić information content (AvgIpc) is 3.05. The van der Waals surface area contributed by atoms with Gasteiger partial charge in [-0.15, -0.1) is 10.2 Å². The van der Waals surface area contributed by atoms with Crippen LogP contribution in [0.2, 0.25) is 5.02 Å². The molecular formula is C20H12ClN5. The first-order chi connectivity index (χ1) is 12.8. The first-order valence-corrected chi connectivity index (χ1v) is 8.28. The van der Waals surface area contributed by atoms with Crippen LogP contribution in [-0.4, -0.2) is 9.38 Å². The zero-order valence-electron chi connectivity index (χ0n) is 13.5. The van der Waals surface area contributed by atoms with Gasteiger partial charge in [-0.25, -0.2) is 4.98 Å². The maximum absolute atomic E-state index is 9.22.